The number of nitrogens with zero attached hydrogens (tertiary/aromatic N) is 3. The zero-order valence-electron chi connectivity index (χ0n) is 7.51. The van der Waals surface area contributed by atoms with Gasteiger partial charge in [0.15, 0.2) is 5.76 Å². The van der Waals surface area contributed by atoms with Gasteiger partial charge in [-0.2, -0.15) is 0 Å². The monoisotopic (exact) mass is 194 g/mol. The fourth-order valence-corrected chi connectivity index (χ4v) is 0.891. The standard InChI is InChI=1S/C8H10N4O2/c9-12-11-5-2-4-10-8(13)7-3-1-6-14-7/h1,3,6H,2,4-5H2,(H,10,13). The Labute approximate surface area is 80.5 Å². The Morgan fingerprint density at radius 3 is 3.21 bits per heavy atom. The first-order valence-electron chi connectivity index (χ1n) is 4.17. The molecular formula is C8H10N4O2. The third-order valence-corrected chi connectivity index (χ3v) is 1.53. The number of rotatable bonds is 5. The summed E-state index contributed by atoms with van der Waals surface area (Å²) >= 11 is 0. The molecule has 1 rings (SSSR count). The average molecular weight is 194 g/mol. The van der Waals surface area contributed by atoms with Crippen molar-refractivity contribution in [1.29, 1.82) is 0 Å². The van der Waals surface area contributed by atoms with Gasteiger partial charge in [-0.15, -0.1) is 0 Å². The lowest BCUT2D eigenvalue weighted by molar-refractivity contribution is 0.0926. The van der Waals surface area contributed by atoms with E-state index in [1.165, 1.54) is 6.26 Å². The van der Waals surface area contributed by atoms with Crippen molar-refractivity contribution in [3.8, 4) is 0 Å². The Morgan fingerprint density at radius 2 is 2.57 bits per heavy atom. The van der Waals surface area contributed by atoms with Gasteiger partial charge in [0.2, 0.25) is 0 Å². The Bertz CT molecular complexity index is 327. The van der Waals surface area contributed by atoms with Crippen LogP contribution in [0.3, 0.4) is 0 Å². The molecule has 0 spiro atoms. The summed E-state index contributed by atoms with van der Waals surface area (Å²) in [5, 5.41) is 5.97. The summed E-state index contributed by atoms with van der Waals surface area (Å²) in [6.45, 7) is 0.855. The normalized spacial score (nSPS) is 9.14. The van der Waals surface area contributed by atoms with Crippen LogP contribution < -0.4 is 5.32 Å². The van der Waals surface area contributed by atoms with Crippen molar-refractivity contribution in [3.63, 3.8) is 0 Å². The smallest absolute Gasteiger partial charge is 0.286 e. The summed E-state index contributed by atoms with van der Waals surface area (Å²) in [6.07, 6.45) is 2.06. The van der Waals surface area contributed by atoms with E-state index < -0.39 is 0 Å². The summed E-state index contributed by atoms with van der Waals surface area (Å²) in [4.78, 5) is 13.8. The predicted molar refractivity (Wildman–Crippen MR) is 49.7 cm³/mol. The highest BCUT2D eigenvalue weighted by Crippen LogP contribution is 1.98. The van der Waals surface area contributed by atoms with Gasteiger partial charge in [-0.1, -0.05) is 5.11 Å². The Morgan fingerprint density at radius 1 is 1.71 bits per heavy atom. The molecule has 0 atom stereocenters. The van der Waals surface area contributed by atoms with Crippen molar-refractivity contribution in [2.75, 3.05) is 13.1 Å². The molecule has 0 aromatic carbocycles. The molecule has 74 valence electrons. The van der Waals surface area contributed by atoms with Crippen LogP contribution in [-0.2, 0) is 0 Å². The third-order valence-electron chi connectivity index (χ3n) is 1.53. The van der Waals surface area contributed by atoms with Gasteiger partial charge in [0.05, 0.1) is 6.26 Å². The van der Waals surface area contributed by atoms with Crippen LogP contribution in [0.1, 0.15) is 17.0 Å². The zero-order valence-corrected chi connectivity index (χ0v) is 7.51. The minimum atomic E-state index is -0.254. The molecule has 1 aromatic heterocycles. The molecule has 6 heteroatoms. The number of carbonyl (C=O) groups is 1. The minimum Gasteiger partial charge on any atom is -0.459 e. The third kappa shape index (κ3) is 3.20. The second kappa shape index (κ2) is 5.66. The van der Waals surface area contributed by atoms with Crippen molar-refractivity contribution in [2.24, 2.45) is 5.11 Å². The molecule has 0 bridgehead atoms. The zero-order chi connectivity index (χ0) is 10.2. The van der Waals surface area contributed by atoms with E-state index in [0.717, 1.165) is 0 Å². The van der Waals surface area contributed by atoms with Crippen LogP contribution in [0.25, 0.3) is 10.4 Å². The molecule has 1 aromatic rings. The first-order chi connectivity index (χ1) is 6.84. The molecule has 1 N–H and O–H groups in total. The summed E-state index contributed by atoms with van der Waals surface area (Å²) < 4.78 is 4.88. The van der Waals surface area contributed by atoms with Crippen molar-refractivity contribution < 1.29 is 9.21 Å². The van der Waals surface area contributed by atoms with Crippen LogP contribution in [0.5, 0.6) is 0 Å². The highest BCUT2D eigenvalue weighted by atomic mass is 16.3. The van der Waals surface area contributed by atoms with Gasteiger partial charge >= 0.3 is 0 Å². The Balaban J connectivity index is 2.19. The van der Waals surface area contributed by atoms with E-state index in [9.17, 15) is 4.79 Å². The van der Waals surface area contributed by atoms with E-state index in [0.29, 0.717) is 19.5 Å². The SMILES string of the molecule is [N-]=[N+]=NCCCNC(=O)c1ccco1. The molecule has 0 aliphatic carbocycles. The lowest BCUT2D eigenvalue weighted by atomic mass is 10.4. The number of carbonyl (C=O) groups excluding carboxylic acids is 1. The Kier molecular flexibility index (Phi) is 4.10. The highest BCUT2D eigenvalue weighted by Gasteiger charge is 2.05. The second-order valence-electron chi connectivity index (χ2n) is 2.54. The number of amides is 1. The van der Waals surface area contributed by atoms with Crippen LogP contribution in [-0.4, -0.2) is 19.0 Å². The lowest BCUT2D eigenvalue weighted by Crippen LogP contribution is -2.24. The van der Waals surface area contributed by atoms with E-state index in [1.54, 1.807) is 12.1 Å². The van der Waals surface area contributed by atoms with Crippen LogP contribution >= 0.6 is 0 Å². The average Bonchev–Trinajstić information content (AvgIpc) is 2.70. The van der Waals surface area contributed by atoms with Crippen molar-refractivity contribution in [2.45, 2.75) is 6.42 Å². The number of furan rings is 1. The molecular weight excluding hydrogens is 184 g/mol. The fourth-order valence-electron chi connectivity index (χ4n) is 0.891. The van der Waals surface area contributed by atoms with Gasteiger partial charge in [-0.05, 0) is 24.1 Å². The Hall–Kier alpha value is -1.94. The molecule has 0 aliphatic rings. The first kappa shape index (κ1) is 10.1. The number of hydrogen-bond acceptors (Lipinski definition) is 3. The van der Waals surface area contributed by atoms with Crippen molar-refractivity contribution >= 4 is 5.91 Å². The van der Waals surface area contributed by atoms with E-state index in [4.69, 9.17) is 9.95 Å². The van der Waals surface area contributed by atoms with Gasteiger partial charge in [0.1, 0.15) is 0 Å². The van der Waals surface area contributed by atoms with Crippen LogP contribution in [0, 0.1) is 0 Å². The van der Waals surface area contributed by atoms with E-state index in [1.807, 2.05) is 0 Å². The molecule has 1 heterocycles. The van der Waals surface area contributed by atoms with Gasteiger partial charge in [-0.3, -0.25) is 4.79 Å². The minimum absolute atomic E-state index is 0.254. The van der Waals surface area contributed by atoms with E-state index in [-0.39, 0.29) is 11.7 Å². The van der Waals surface area contributed by atoms with Crippen LogP contribution in [0.15, 0.2) is 27.9 Å². The topological polar surface area (TPSA) is 91.0 Å². The first-order valence-corrected chi connectivity index (χ1v) is 4.17. The summed E-state index contributed by atoms with van der Waals surface area (Å²) in [5.74, 6) is 0.0321. The van der Waals surface area contributed by atoms with Gasteiger partial charge in [0.25, 0.3) is 5.91 Å². The van der Waals surface area contributed by atoms with Gasteiger partial charge in [-0.25, -0.2) is 0 Å². The fraction of sp³-hybridized carbons (Fsp3) is 0.375. The van der Waals surface area contributed by atoms with Crippen molar-refractivity contribution in [3.05, 3.63) is 34.6 Å². The molecule has 0 saturated carbocycles. The maximum atomic E-state index is 11.2. The predicted octanol–water partition coefficient (Wildman–Crippen LogP) is 1.71. The molecule has 0 unspecified atom stereocenters. The van der Waals surface area contributed by atoms with Crippen LogP contribution in [0.2, 0.25) is 0 Å². The maximum absolute atomic E-state index is 11.2. The van der Waals surface area contributed by atoms with Crippen molar-refractivity contribution in [1.82, 2.24) is 5.32 Å². The highest BCUT2D eigenvalue weighted by molar-refractivity contribution is 5.91. The van der Waals surface area contributed by atoms with Crippen LogP contribution in [0.4, 0.5) is 0 Å². The quantitative estimate of drug-likeness (QED) is 0.334. The molecule has 0 aliphatic heterocycles. The van der Waals surface area contributed by atoms with Gasteiger partial charge in [0, 0.05) is 18.0 Å². The molecule has 1 amide bonds. The summed E-state index contributed by atoms with van der Waals surface area (Å²) in [7, 11) is 0. The second-order valence-corrected chi connectivity index (χ2v) is 2.54. The summed E-state index contributed by atoms with van der Waals surface area (Å²) in [5.41, 5.74) is 7.98. The number of azide groups is 1. The molecule has 0 radical (unpaired) electrons. The summed E-state index contributed by atoms with van der Waals surface area (Å²) in [6, 6.07) is 3.23. The largest absolute Gasteiger partial charge is 0.459 e. The lowest BCUT2D eigenvalue weighted by Gasteiger charge is -1.99. The number of hydrogen-bond donors (Lipinski definition) is 1. The number of nitrogens with one attached hydrogen (secondary N) is 1. The van der Waals surface area contributed by atoms with E-state index >= 15 is 0 Å². The van der Waals surface area contributed by atoms with E-state index in [2.05, 4.69) is 15.3 Å². The molecule has 6 nitrogen and oxygen atoms in total. The molecule has 14 heavy (non-hydrogen) atoms. The molecule has 0 saturated heterocycles. The maximum Gasteiger partial charge on any atom is 0.286 e. The molecule has 0 fully saturated rings. The van der Waals surface area contributed by atoms with Gasteiger partial charge < -0.3 is 9.73 Å².